The maximum absolute atomic E-state index is 14.2. The van der Waals surface area contributed by atoms with Crippen LogP contribution in [0, 0.1) is 18.3 Å². The Kier molecular flexibility index (Phi) is 15.7. The van der Waals surface area contributed by atoms with Gasteiger partial charge in [0.25, 0.3) is 0 Å². The topological polar surface area (TPSA) is 177 Å². The second-order valence-corrected chi connectivity index (χ2v) is 17.5. The molecule has 0 fully saturated rings. The van der Waals surface area contributed by atoms with Crippen LogP contribution in [-0.4, -0.2) is 57.6 Å². The molecule has 2 aliphatic rings. The van der Waals surface area contributed by atoms with E-state index < -0.39 is 17.0 Å². The highest BCUT2D eigenvalue weighted by molar-refractivity contribution is 7.85. The van der Waals surface area contributed by atoms with Crippen LogP contribution in [0.25, 0.3) is 11.1 Å². The van der Waals surface area contributed by atoms with Crippen LogP contribution in [0.15, 0.2) is 107 Å². The summed E-state index contributed by atoms with van der Waals surface area (Å²) in [6.07, 6.45) is 0.575. The fourth-order valence-corrected chi connectivity index (χ4v) is 9.87. The molecule has 12 nitrogen and oxygen atoms in total. The van der Waals surface area contributed by atoms with Gasteiger partial charge in [-0.2, -0.15) is 5.26 Å². The van der Waals surface area contributed by atoms with Crippen molar-refractivity contribution in [1.82, 2.24) is 14.6 Å². The Bertz CT molecular complexity index is 2570. The number of amides is 1. The number of hydrogen-bond donors (Lipinski definition) is 3. The molecule has 0 aliphatic carbocycles. The van der Waals surface area contributed by atoms with Crippen molar-refractivity contribution in [3.8, 4) is 34.4 Å². The largest absolute Gasteiger partial charge is 0.489 e. The summed E-state index contributed by atoms with van der Waals surface area (Å²) in [5.74, 6) is 1.65. The summed E-state index contributed by atoms with van der Waals surface area (Å²) in [4.78, 5) is 26.3. The minimum atomic E-state index is -1.71. The number of aliphatic hydroxyl groups excluding tert-OH is 1. The van der Waals surface area contributed by atoms with Crippen LogP contribution < -0.4 is 25.3 Å². The molecule has 6 aromatic rings. The number of carbonyl (C=O) groups excluding carboxylic acids is 2. The molecule has 3 atom stereocenters. The van der Waals surface area contributed by atoms with E-state index in [1.807, 2.05) is 85.7 Å². The summed E-state index contributed by atoms with van der Waals surface area (Å²) in [5, 5.41) is 20.5. The van der Waals surface area contributed by atoms with Gasteiger partial charge in [-0.3, -0.25) is 4.79 Å². The number of thiazole rings is 1. The zero-order valence-electron chi connectivity index (χ0n) is 33.8. The summed E-state index contributed by atoms with van der Waals surface area (Å²) in [7, 11) is -0.706. The second kappa shape index (κ2) is 21.3. The third kappa shape index (κ3) is 10.8. The first kappa shape index (κ1) is 45.7. The number of aromatic nitrogens is 1. The van der Waals surface area contributed by atoms with Gasteiger partial charge in [-0.15, -0.1) is 0 Å². The Labute approximate surface area is 376 Å². The number of nitrogen functional groups attached to an aromatic ring is 1. The summed E-state index contributed by atoms with van der Waals surface area (Å²) in [6, 6.07) is 34.0. The first-order valence-electron chi connectivity index (χ1n) is 19.3. The van der Waals surface area contributed by atoms with Gasteiger partial charge in [-0.05, 0) is 107 Å². The highest BCUT2D eigenvalue weighted by Gasteiger charge is 2.38. The molecule has 0 saturated heterocycles. The van der Waals surface area contributed by atoms with Crippen LogP contribution >= 0.6 is 34.5 Å². The van der Waals surface area contributed by atoms with Crippen LogP contribution in [0.2, 0.25) is 10.0 Å². The van der Waals surface area contributed by atoms with Crippen LogP contribution in [0.5, 0.6) is 17.2 Å². The molecule has 1 aromatic heterocycles. The number of aliphatic hydroxyl groups is 1. The predicted molar refractivity (Wildman–Crippen MR) is 242 cm³/mol. The molecular weight excluding hydrogens is 870 g/mol. The average Bonchev–Trinajstić information content (AvgIpc) is 3.66. The number of benzene rings is 5. The van der Waals surface area contributed by atoms with Gasteiger partial charge in [0.2, 0.25) is 5.91 Å². The highest BCUT2D eigenvalue weighted by atomic mass is 35.5. The molecule has 1 amide bonds. The number of nitrogens with two attached hydrogens (primary N) is 1. The zero-order valence-corrected chi connectivity index (χ0v) is 37.0. The van der Waals surface area contributed by atoms with Gasteiger partial charge >= 0.3 is 0 Å². The molecule has 3 heterocycles. The molecule has 3 unspecified atom stereocenters. The summed E-state index contributed by atoms with van der Waals surface area (Å²) >= 11 is 13.4. The number of aryl methyl sites for hydroxylation is 1. The van der Waals surface area contributed by atoms with Crippen LogP contribution in [0.4, 0.5) is 5.13 Å². The van der Waals surface area contributed by atoms with Crippen LogP contribution in [0.3, 0.4) is 0 Å². The lowest BCUT2D eigenvalue weighted by Gasteiger charge is -2.36. The minimum Gasteiger partial charge on any atom is -0.489 e. The van der Waals surface area contributed by atoms with Crippen molar-refractivity contribution >= 4 is 63.4 Å². The smallest absolute Gasteiger partial charge is 0.238 e. The lowest BCUT2D eigenvalue weighted by molar-refractivity contribution is -0.125. The third-order valence-corrected chi connectivity index (χ3v) is 13.7. The number of hydrogen-bond acceptors (Lipinski definition) is 11. The van der Waals surface area contributed by atoms with Crippen molar-refractivity contribution in [3.05, 3.63) is 152 Å². The molecule has 320 valence electrons. The van der Waals surface area contributed by atoms with E-state index in [4.69, 9.17) is 58.3 Å². The van der Waals surface area contributed by atoms with E-state index in [1.165, 1.54) is 11.3 Å². The lowest BCUT2D eigenvalue weighted by atomic mass is 9.94. The van der Waals surface area contributed by atoms with Crippen molar-refractivity contribution in [2.45, 2.75) is 49.3 Å². The lowest BCUT2D eigenvalue weighted by Crippen LogP contribution is -2.51. The molecule has 0 saturated carbocycles. The Morgan fingerprint density at radius 1 is 0.968 bits per heavy atom. The number of halogens is 2. The molecule has 2 aliphatic heterocycles. The predicted octanol–water partition coefficient (Wildman–Crippen LogP) is 8.20. The average molecular weight is 913 g/mol. The normalized spacial score (nSPS) is 15.6. The van der Waals surface area contributed by atoms with E-state index in [-0.39, 0.29) is 18.6 Å². The highest BCUT2D eigenvalue weighted by Crippen LogP contribution is 2.42. The van der Waals surface area contributed by atoms with E-state index in [2.05, 4.69) is 16.4 Å². The number of nitrogens with zero attached hydrogens (tertiary/aromatic N) is 3. The third-order valence-electron chi connectivity index (χ3n) is 10.1. The first-order valence-corrected chi connectivity index (χ1v) is 21.9. The maximum Gasteiger partial charge on any atom is 0.238 e. The molecule has 0 bridgehead atoms. The van der Waals surface area contributed by atoms with E-state index in [9.17, 15) is 9.00 Å². The van der Waals surface area contributed by atoms with Crippen molar-refractivity contribution in [2.24, 2.45) is 0 Å². The van der Waals surface area contributed by atoms with Gasteiger partial charge in [-0.25, -0.2) is 13.5 Å². The molecule has 0 spiro atoms. The van der Waals surface area contributed by atoms with E-state index >= 15 is 0 Å². The molecule has 0 radical (unpaired) electrons. The van der Waals surface area contributed by atoms with E-state index in [0.717, 1.165) is 46.1 Å². The number of rotatable bonds is 11. The van der Waals surface area contributed by atoms with Crippen molar-refractivity contribution < 1.29 is 33.1 Å². The van der Waals surface area contributed by atoms with E-state index in [0.29, 0.717) is 80.5 Å². The van der Waals surface area contributed by atoms with Gasteiger partial charge < -0.3 is 35.2 Å². The molecule has 4 N–H and O–H groups in total. The standard InChI is InChI=1S/C44H37Cl2N5O5S2.CH4O.CH2O/c1-26-43(57-44(48)50-26)58(53)51-23-34-21-40-39(55-25-41(56-40)32-11-13-35(14-12-32)54-24-29-6-15-36(45)37(46)18-29)20-33(34)19-38(51)42(52)49-17-16-27-2-7-30(8-3-27)31-9-4-28(22-47)5-10-31;2*1-2/h2-15,18,20-21,38,41H,16-17,19,23-25H2,1H3,(H2,48,50)(H,49,52);2H,1H3;1H2. The quantitative estimate of drug-likeness (QED) is 0.115. The van der Waals surface area contributed by atoms with Crippen LogP contribution in [-0.2, 0) is 46.6 Å². The minimum absolute atomic E-state index is 0.220. The Balaban J connectivity index is 0.00000156. The SMILES string of the molecule is C=O.CO.Cc1nc(N)sc1S(=O)N1Cc2cc3c(cc2CC1C(=O)NCCc1ccc(-c2ccc(C#N)cc2)cc1)OCC(c1ccc(OCc2ccc(Cl)c(Cl)c2)cc1)O3. The van der Waals surface area contributed by atoms with E-state index in [1.54, 1.807) is 35.5 Å². The van der Waals surface area contributed by atoms with Crippen molar-refractivity contribution in [2.75, 3.05) is 26.0 Å². The van der Waals surface area contributed by atoms with Gasteiger partial charge in [0.1, 0.15) is 47.0 Å². The number of nitrogens with one attached hydrogen (secondary N) is 1. The van der Waals surface area contributed by atoms with Gasteiger partial charge in [0.15, 0.2) is 22.7 Å². The van der Waals surface area contributed by atoms with Crippen LogP contribution in [0.1, 0.15) is 45.2 Å². The number of anilines is 1. The van der Waals surface area contributed by atoms with Crippen molar-refractivity contribution in [3.63, 3.8) is 0 Å². The number of ether oxygens (including phenoxy) is 3. The number of nitriles is 1. The Hall–Kier alpha value is -5.79. The summed E-state index contributed by atoms with van der Waals surface area (Å²) in [6.45, 7) is 5.05. The molecular formula is C46H43Cl2N5O7S2. The van der Waals surface area contributed by atoms with Gasteiger partial charge in [0.05, 0.1) is 27.4 Å². The van der Waals surface area contributed by atoms with Gasteiger partial charge in [0, 0.05) is 20.2 Å². The molecule has 5 aromatic carbocycles. The monoisotopic (exact) mass is 911 g/mol. The van der Waals surface area contributed by atoms with Gasteiger partial charge in [-0.1, -0.05) is 89.1 Å². The number of fused-ring (bicyclic) bond motifs is 2. The fourth-order valence-electron chi connectivity index (χ4n) is 6.98. The second-order valence-electron chi connectivity index (χ2n) is 14.0. The first-order chi connectivity index (χ1) is 30.1. The fraction of sp³-hybridized carbons (Fsp3) is 0.217. The Morgan fingerprint density at radius 3 is 2.27 bits per heavy atom. The molecule has 8 rings (SSSR count). The van der Waals surface area contributed by atoms with Crippen molar-refractivity contribution in [1.29, 1.82) is 5.26 Å². The molecule has 16 heteroatoms. The number of carbonyl (C=O) groups is 2. The summed E-state index contributed by atoms with van der Waals surface area (Å²) < 4.78 is 35.2. The molecule has 62 heavy (non-hydrogen) atoms. The zero-order chi connectivity index (χ0) is 44.3. The maximum atomic E-state index is 14.2. The summed E-state index contributed by atoms with van der Waals surface area (Å²) in [5.41, 5.74) is 14.0. The Morgan fingerprint density at radius 2 is 1.63 bits per heavy atom.